The smallest absolute Gasteiger partial charge is 0.294 e. The predicted molar refractivity (Wildman–Crippen MR) is 79.8 cm³/mol. The number of hydrogen-bond donors (Lipinski definition) is 1. The van der Waals surface area contributed by atoms with Crippen LogP contribution in [0.15, 0.2) is 12.1 Å². The van der Waals surface area contributed by atoms with E-state index in [9.17, 15) is 10.1 Å². The first kappa shape index (κ1) is 13.9. The fourth-order valence-corrected chi connectivity index (χ4v) is 3.48. The third kappa shape index (κ3) is 2.45. The predicted octanol–water partition coefficient (Wildman–Crippen LogP) is 3.09. The molecule has 7 heteroatoms. The maximum absolute atomic E-state index is 11.2. The summed E-state index contributed by atoms with van der Waals surface area (Å²) < 4.78 is 0. The van der Waals surface area contributed by atoms with Gasteiger partial charge < -0.3 is 10.2 Å². The van der Waals surface area contributed by atoms with Crippen molar-refractivity contribution in [3.63, 3.8) is 0 Å². The second kappa shape index (κ2) is 5.39. The lowest BCUT2D eigenvalue weighted by molar-refractivity contribution is -0.384. The standard InChI is InChI=1S/C13H15Cl2N3O2/c14-9-4-12(13(18(19)20)5-10(9)15)17-6-8-2-1-3-16-11(8)7-17/h4-5,8,11,16H,1-3,6-7H2. The van der Waals surface area contributed by atoms with Crippen LogP contribution in [-0.2, 0) is 0 Å². The summed E-state index contributed by atoms with van der Waals surface area (Å²) in [5, 5.41) is 15.3. The van der Waals surface area contributed by atoms with Crippen LogP contribution in [0.5, 0.6) is 0 Å². The highest BCUT2D eigenvalue weighted by Crippen LogP contribution is 2.39. The minimum atomic E-state index is -0.396. The Morgan fingerprint density at radius 3 is 2.75 bits per heavy atom. The highest BCUT2D eigenvalue weighted by atomic mass is 35.5. The van der Waals surface area contributed by atoms with Gasteiger partial charge in [-0.05, 0) is 31.4 Å². The summed E-state index contributed by atoms with van der Waals surface area (Å²) in [6.45, 7) is 2.64. The number of piperidine rings is 1. The number of nitrogens with one attached hydrogen (secondary N) is 1. The molecular weight excluding hydrogens is 301 g/mol. The lowest BCUT2D eigenvalue weighted by Crippen LogP contribution is -2.40. The van der Waals surface area contributed by atoms with Gasteiger partial charge in [0.2, 0.25) is 0 Å². The monoisotopic (exact) mass is 315 g/mol. The average molecular weight is 316 g/mol. The fraction of sp³-hybridized carbons (Fsp3) is 0.538. The Bertz CT molecular complexity index is 539. The van der Waals surface area contributed by atoms with Crippen molar-refractivity contribution < 1.29 is 4.92 Å². The van der Waals surface area contributed by atoms with Crippen LogP contribution in [0.2, 0.25) is 10.0 Å². The van der Waals surface area contributed by atoms with Crippen LogP contribution in [-0.4, -0.2) is 30.6 Å². The molecule has 2 saturated heterocycles. The number of nitro benzene ring substituents is 1. The number of fused-ring (bicyclic) bond motifs is 1. The first-order valence-electron chi connectivity index (χ1n) is 6.68. The minimum Gasteiger partial charge on any atom is -0.364 e. The highest BCUT2D eigenvalue weighted by molar-refractivity contribution is 6.42. The van der Waals surface area contributed by atoms with Gasteiger partial charge in [-0.25, -0.2) is 0 Å². The van der Waals surface area contributed by atoms with E-state index >= 15 is 0 Å². The van der Waals surface area contributed by atoms with Gasteiger partial charge in [-0.1, -0.05) is 23.2 Å². The van der Waals surface area contributed by atoms with E-state index < -0.39 is 4.92 Å². The normalized spacial score (nSPS) is 25.6. The Balaban J connectivity index is 1.93. The van der Waals surface area contributed by atoms with Crippen molar-refractivity contribution in [3.8, 4) is 0 Å². The van der Waals surface area contributed by atoms with Crippen molar-refractivity contribution >= 4 is 34.6 Å². The van der Waals surface area contributed by atoms with Crippen LogP contribution in [0.25, 0.3) is 0 Å². The number of rotatable bonds is 2. The maximum atomic E-state index is 11.2. The number of benzene rings is 1. The molecule has 20 heavy (non-hydrogen) atoms. The maximum Gasteiger partial charge on any atom is 0.294 e. The Morgan fingerprint density at radius 2 is 2.05 bits per heavy atom. The third-order valence-corrected chi connectivity index (χ3v) is 4.88. The second-order valence-electron chi connectivity index (χ2n) is 5.38. The Labute approximate surface area is 127 Å². The number of nitrogens with zero attached hydrogens (tertiary/aromatic N) is 2. The van der Waals surface area contributed by atoms with Gasteiger partial charge in [-0.2, -0.15) is 0 Å². The van der Waals surface area contributed by atoms with Gasteiger partial charge in [-0.15, -0.1) is 0 Å². The number of anilines is 1. The van der Waals surface area contributed by atoms with Crippen LogP contribution >= 0.6 is 23.2 Å². The SMILES string of the molecule is O=[N+]([O-])c1cc(Cl)c(Cl)cc1N1CC2CCCNC2C1. The Kier molecular flexibility index (Phi) is 3.75. The third-order valence-electron chi connectivity index (χ3n) is 4.15. The fourth-order valence-electron chi connectivity index (χ4n) is 3.17. The molecular formula is C13H15Cl2N3O2. The topological polar surface area (TPSA) is 58.4 Å². The van der Waals surface area contributed by atoms with Gasteiger partial charge >= 0.3 is 0 Å². The zero-order chi connectivity index (χ0) is 14.3. The van der Waals surface area contributed by atoms with Crippen molar-refractivity contribution in [1.82, 2.24) is 5.32 Å². The zero-order valence-corrected chi connectivity index (χ0v) is 12.3. The van der Waals surface area contributed by atoms with Crippen molar-refractivity contribution in [2.75, 3.05) is 24.5 Å². The molecule has 2 fully saturated rings. The molecule has 2 aliphatic rings. The van der Waals surface area contributed by atoms with Crippen LogP contribution in [0.1, 0.15) is 12.8 Å². The quantitative estimate of drug-likeness (QED) is 0.673. The van der Waals surface area contributed by atoms with E-state index in [1.807, 2.05) is 4.90 Å². The van der Waals surface area contributed by atoms with E-state index in [0.29, 0.717) is 22.7 Å². The number of nitro groups is 1. The molecule has 5 nitrogen and oxygen atoms in total. The molecule has 2 heterocycles. The summed E-state index contributed by atoms with van der Waals surface area (Å²) in [6.07, 6.45) is 2.34. The van der Waals surface area contributed by atoms with Crippen molar-refractivity contribution in [2.24, 2.45) is 5.92 Å². The van der Waals surface area contributed by atoms with Crippen LogP contribution in [0.3, 0.4) is 0 Å². The number of hydrogen-bond acceptors (Lipinski definition) is 4. The van der Waals surface area contributed by atoms with Crippen molar-refractivity contribution in [3.05, 3.63) is 32.3 Å². The van der Waals surface area contributed by atoms with E-state index in [0.717, 1.165) is 19.6 Å². The van der Waals surface area contributed by atoms with Crippen LogP contribution in [0.4, 0.5) is 11.4 Å². The van der Waals surface area contributed by atoms with E-state index in [1.165, 1.54) is 18.9 Å². The van der Waals surface area contributed by atoms with Gasteiger partial charge in [0.1, 0.15) is 5.69 Å². The molecule has 0 spiro atoms. The van der Waals surface area contributed by atoms with E-state index in [-0.39, 0.29) is 10.7 Å². The molecule has 108 valence electrons. The molecule has 1 aromatic rings. The van der Waals surface area contributed by atoms with Crippen molar-refractivity contribution in [2.45, 2.75) is 18.9 Å². The summed E-state index contributed by atoms with van der Waals surface area (Å²) in [5.74, 6) is 0.554. The van der Waals surface area contributed by atoms with Gasteiger partial charge in [0.25, 0.3) is 5.69 Å². The second-order valence-corrected chi connectivity index (χ2v) is 6.19. The molecule has 0 bridgehead atoms. The molecule has 0 aromatic heterocycles. The summed E-state index contributed by atoms with van der Waals surface area (Å²) in [6, 6.07) is 3.37. The largest absolute Gasteiger partial charge is 0.364 e. The van der Waals surface area contributed by atoms with E-state index in [1.54, 1.807) is 6.07 Å². The molecule has 1 aromatic carbocycles. The zero-order valence-electron chi connectivity index (χ0n) is 10.8. The summed E-state index contributed by atoms with van der Waals surface area (Å²) in [4.78, 5) is 12.9. The summed E-state index contributed by atoms with van der Waals surface area (Å²) >= 11 is 11.9. The molecule has 2 atom stereocenters. The molecule has 0 amide bonds. The first-order chi connectivity index (χ1) is 9.56. The van der Waals surface area contributed by atoms with E-state index in [2.05, 4.69) is 5.32 Å². The summed E-state index contributed by atoms with van der Waals surface area (Å²) in [7, 11) is 0. The average Bonchev–Trinajstić information content (AvgIpc) is 2.84. The van der Waals surface area contributed by atoms with E-state index in [4.69, 9.17) is 23.2 Å². The lowest BCUT2D eigenvalue weighted by atomic mass is 9.94. The van der Waals surface area contributed by atoms with Gasteiger partial charge in [0.05, 0.1) is 15.0 Å². The minimum absolute atomic E-state index is 0.0260. The molecule has 0 saturated carbocycles. The number of halogens is 2. The Morgan fingerprint density at radius 1 is 1.30 bits per heavy atom. The van der Waals surface area contributed by atoms with Crippen LogP contribution < -0.4 is 10.2 Å². The Hall–Kier alpha value is -1.04. The molecule has 0 radical (unpaired) electrons. The van der Waals surface area contributed by atoms with Gasteiger partial charge in [0.15, 0.2) is 0 Å². The van der Waals surface area contributed by atoms with Crippen molar-refractivity contribution in [1.29, 1.82) is 0 Å². The molecule has 2 aliphatic heterocycles. The highest BCUT2D eigenvalue weighted by Gasteiger charge is 2.36. The van der Waals surface area contributed by atoms with Gasteiger partial charge in [-0.3, -0.25) is 10.1 Å². The molecule has 2 unspecified atom stereocenters. The lowest BCUT2D eigenvalue weighted by Gasteiger charge is -2.24. The first-order valence-corrected chi connectivity index (χ1v) is 7.43. The molecule has 0 aliphatic carbocycles. The molecule has 1 N–H and O–H groups in total. The summed E-state index contributed by atoms with van der Waals surface area (Å²) in [5.41, 5.74) is 0.596. The van der Waals surface area contributed by atoms with Crippen LogP contribution in [0, 0.1) is 16.0 Å². The molecule has 3 rings (SSSR count). The van der Waals surface area contributed by atoms with Gasteiger partial charge in [0, 0.05) is 25.2 Å².